The third-order valence-electron chi connectivity index (χ3n) is 3.06. The summed E-state index contributed by atoms with van der Waals surface area (Å²) in [6.07, 6.45) is 0. The molecular weight excluding hydrogens is 315 g/mol. The SMILES string of the molecule is CCOC(=O)c1cccc(NC(=S)Nc2ccc(C)c(F)c2)c1. The monoisotopic (exact) mass is 332 g/mol. The second-order valence-corrected chi connectivity index (χ2v) is 5.25. The Labute approximate surface area is 139 Å². The molecule has 0 spiro atoms. The number of anilines is 2. The normalized spacial score (nSPS) is 10.0. The summed E-state index contributed by atoms with van der Waals surface area (Å²) in [7, 11) is 0. The van der Waals surface area contributed by atoms with Crippen LogP contribution in [0.15, 0.2) is 42.5 Å². The first-order valence-corrected chi connectivity index (χ1v) is 7.51. The maximum absolute atomic E-state index is 13.5. The molecule has 0 aromatic heterocycles. The van der Waals surface area contributed by atoms with Crippen LogP contribution in [0, 0.1) is 12.7 Å². The molecule has 23 heavy (non-hydrogen) atoms. The van der Waals surface area contributed by atoms with Crippen molar-refractivity contribution in [2.75, 3.05) is 17.2 Å². The lowest BCUT2D eigenvalue weighted by atomic mass is 10.2. The highest BCUT2D eigenvalue weighted by Gasteiger charge is 2.08. The van der Waals surface area contributed by atoms with E-state index >= 15 is 0 Å². The molecule has 120 valence electrons. The summed E-state index contributed by atoms with van der Waals surface area (Å²) < 4.78 is 18.5. The number of rotatable bonds is 4. The number of aryl methyl sites for hydroxylation is 1. The number of carbonyl (C=O) groups excluding carboxylic acids is 1. The van der Waals surface area contributed by atoms with Crippen molar-refractivity contribution in [1.82, 2.24) is 0 Å². The highest BCUT2D eigenvalue weighted by Crippen LogP contribution is 2.15. The van der Waals surface area contributed by atoms with E-state index in [1.807, 2.05) is 0 Å². The number of nitrogens with one attached hydrogen (secondary N) is 2. The quantitative estimate of drug-likeness (QED) is 0.651. The predicted molar refractivity (Wildman–Crippen MR) is 93.4 cm³/mol. The fourth-order valence-electron chi connectivity index (χ4n) is 1.90. The van der Waals surface area contributed by atoms with Crippen LogP contribution >= 0.6 is 12.2 Å². The van der Waals surface area contributed by atoms with Gasteiger partial charge in [0.15, 0.2) is 5.11 Å². The molecular formula is C17H17FN2O2S. The van der Waals surface area contributed by atoms with E-state index in [1.165, 1.54) is 6.07 Å². The van der Waals surface area contributed by atoms with Crippen LogP contribution in [0.5, 0.6) is 0 Å². The van der Waals surface area contributed by atoms with Crippen LogP contribution in [0.4, 0.5) is 15.8 Å². The third-order valence-corrected chi connectivity index (χ3v) is 3.27. The molecule has 2 N–H and O–H groups in total. The molecule has 2 aromatic rings. The van der Waals surface area contributed by atoms with E-state index in [0.717, 1.165) is 0 Å². The molecule has 0 amide bonds. The first kappa shape index (κ1) is 16.9. The van der Waals surface area contributed by atoms with Crippen molar-refractivity contribution in [2.45, 2.75) is 13.8 Å². The standard InChI is InChI=1S/C17H17FN2O2S/c1-3-22-16(21)12-5-4-6-13(9-12)19-17(23)20-14-8-7-11(2)15(18)10-14/h4-10H,3H2,1-2H3,(H2,19,20,23). The third kappa shape index (κ3) is 4.75. The summed E-state index contributed by atoms with van der Waals surface area (Å²) in [5.41, 5.74) is 2.19. The van der Waals surface area contributed by atoms with Gasteiger partial charge in [0.05, 0.1) is 12.2 Å². The Bertz CT molecular complexity index is 734. The topological polar surface area (TPSA) is 50.4 Å². The van der Waals surface area contributed by atoms with Gasteiger partial charge in [-0.3, -0.25) is 0 Å². The van der Waals surface area contributed by atoms with Crippen molar-refractivity contribution in [2.24, 2.45) is 0 Å². The maximum Gasteiger partial charge on any atom is 0.338 e. The minimum absolute atomic E-state index is 0.300. The smallest absolute Gasteiger partial charge is 0.338 e. The number of hydrogen-bond donors (Lipinski definition) is 2. The van der Waals surface area contributed by atoms with Gasteiger partial charge >= 0.3 is 5.97 Å². The second kappa shape index (κ2) is 7.69. The van der Waals surface area contributed by atoms with E-state index in [4.69, 9.17) is 17.0 Å². The fourth-order valence-corrected chi connectivity index (χ4v) is 2.14. The van der Waals surface area contributed by atoms with Gasteiger partial charge in [0, 0.05) is 11.4 Å². The number of benzene rings is 2. The molecule has 0 fully saturated rings. The van der Waals surface area contributed by atoms with E-state index in [0.29, 0.717) is 34.2 Å². The minimum Gasteiger partial charge on any atom is -0.462 e. The first-order chi connectivity index (χ1) is 11.0. The zero-order valence-corrected chi connectivity index (χ0v) is 13.7. The molecule has 6 heteroatoms. The zero-order chi connectivity index (χ0) is 16.8. The molecule has 0 aliphatic heterocycles. The van der Waals surface area contributed by atoms with Crippen LogP contribution in [0.25, 0.3) is 0 Å². The van der Waals surface area contributed by atoms with Crippen molar-refractivity contribution in [3.05, 3.63) is 59.4 Å². The Morgan fingerprint density at radius 3 is 2.52 bits per heavy atom. The van der Waals surface area contributed by atoms with Crippen LogP contribution < -0.4 is 10.6 Å². The highest BCUT2D eigenvalue weighted by molar-refractivity contribution is 7.80. The lowest BCUT2D eigenvalue weighted by Gasteiger charge is -2.12. The van der Waals surface area contributed by atoms with Crippen LogP contribution in [-0.4, -0.2) is 17.7 Å². The molecule has 0 saturated heterocycles. The predicted octanol–water partition coefficient (Wildman–Crippen LogP) is 4.12. The number of thiocarbonyl (C=S) groups is 1. The number of hydrogen-bond acceptors (Lipinski definition) is 3. The van der Waals surface area contributed by atoms with Gasteiger partial charge in [0.1, 0.15) is 5.82 Å². The lowest BCUT2D eigenvalue weighted by molar-refractivity contribution is 0.0526. The largest absolute Gasteiger partial charge is 0.462 e. The summed E-state index contributed by atoms with van der Waals surface area (Å²) >= 11 is 5.19. The molecule has 0 aliphatic rings. The van der Waals surface area contributed by atoms with Gasteiger partial charge in [0.25, 0.3) is 0 Å². The molecule has 0 aliphatic carbocycles. The van der Waals surface area contributed by atoms with E-state index in [1.54, 1.807) is 50.2 Å². The molecule has 2 aromatic carbocycles. The lowest BCUT2D eigenvalue weighted by Crippen LogP contribution is -2.19. The molecule has 2 rings (SSSR count). The number of carbonyl (C=O) groups is 1. The minimum atomic E-state index is -0.393. The van der Waals surface area contributed by atoms with Gasteiger partial charge < -0.3 is 15.4 Å². The van der Waals surface area contributed by atoms with E-state index in [-0.39, 0.29) is 5.82 Å². The van der Waals surface area contributed by atoms with Crippen LogP contribution in [0.1, 0.15) is 22.8 Å². The van der Waals surface area contributed by atoms with Crippen LogP contribution in [-0.2, 0) is 4.74 Å². The van der Waals surface area contributed by atoms with Crippen molar-refractivity contribution >= 4 is 34.7 Å². The van der Waals surface area contributed by atoms with Crippen molar-refractivity contribution in [3.8, 4) is 0 Å². The van der Waals surface area contributed by atoms with Crippen molar-refractivity contribution in [3.63, 3.8) is 0 Å². The Morgan fingerprint density at radius 2 is 1.87 bits per heavy atom. The number of esters is 1. The van der Waals surface area contributed by atoms with Crippen molar-refractivity contribution in [1.29, 1.82) is 0 Å². The summed E-state index contributed by atoms with van der Waals surface area (Å²) in [6, 6.07) is 11.6. The second-order valence-electron chi connectivity index (χ2n) is 4.84. The van der Waals surface area contributed by atoms with Gasteiger partial charge in [-0.25, -0.2) is 9.18 Å². The average molecular weight is 332 g/mol. The van der Waals surface area contributed by atoms with Crippen molar-refractivity contribution < 1.29 is 13.9 Å². The van der Waals surface area contributed by atoms with E-state index < -0.39 is 5.97 Å². The number of halogens is 1. The van der Waals surface area contributed by atoms with E-state index in [9.17, 15) is 9.18 Å². The Kier molecular flexibility index (Phi) is 5.65. The zero-order valence-electron chi connectivity index (χ0n) is 12.9. The first-order valence-electron chi connectivity index (χ1n) is 7.11. The highest BCUT2D eigenvalue weighted by atomic mass is 32.1. The summed E-state index contributed by atoms with van der Waals surface area (Å²) in [4.78, 5) is 11.7. The van der Waals surface area contributed by atoms with Crippen LogP contribution in [0.2, 0.25) is 0 Å². The molecule has 0 bridgehead atoms. The van der Waals surface area contributed by atoms with Gasteiger partial charge in [-0.15, -0.1) is 0 Å². The molecule has 0 heterocycles. The Balaban J connectivity index is 2.03. The van der Waals surface area contributed by atoms with Gasteiger partial charge in [-0.05, 0) is 62.0 Å². The molecule has 0 radical (unpaired) electrons. The molecule has 4 nitrogen and oxygen atoms in total. The fraction of sp³-hybridized carbons (Fsp3) is 0.176. The maximum atomic E-state index is 13.5. The molecule has 0 saturated carbocycles. The van der Waals surface area contributed by atoms with Gasteiger partial charge in [0.2, 0.25) is 0 Å². The number of ether oxygens (including phenoxy) is 1. The summed E-state index contributed by atoms with van der Waals surface area (Å²) in [5, 5.41) is 6.15. The molecule has 0 unspecified atom stereocenters. The van der Waals surface area contributed by atoms with Gasteiger partial charge in [-0.2, -0.15) is 0 Å². The van der Waals surface area contributed by atoms with Crippen LogP contribution in [0.3, 0.4) is 0 Å². The summed E-state index contributed by atoms with van der Waals surface area (Å²) in [5.74, 6) is -0.697. The van der Waals surface area contributed by atoms with E-state index in [2.05, 4.69) is 10.6 Å². The Morgan fingerprint density at radius 1 is 1.17 bits per heavy atom. The molecule has 0 atom stereocenters. The summed E-state index contributed by atoms with van der Waals surface area (Å²) in [6.45, 7) is 3.76. The Hall–Kier alpha value is -2.47. The van der Waals surface area contributed by atoms with Gasteiger partial charge in [-0.1, -0.05) is 12.1 Å². The average Bonchev–Trinajstić information content (AvgIpc) is 2.51.